The maximum atomic E-state index is 12.3. The number of nitrogens with zero attached hydrogens (tertiary/aromatic N) is 4. The molecule has 1 saturated heterocycles. The van der Waals surface area contributed by atoms with Gasteiger partial charge in [0.1, 0.15) is 42.6 Å². The minimum atomic E-state index is -4.59. The normalized spacial score (nSPS) is 37.0. The molecule has 1 fully saturated rings. The van der Waals surface area contributed by atoms with Crippen molar-refractivity contribution in [2.24, 2.45) is 0 Å². The fourth-order valence-electron chi connectivity index (χ4n) is 2.96. The predicted octanol–water partition coefficient (Wildman–Crippen LogP) is -0.265. The highest BCUT2D eigenvalue weighted by Crippen LogP contribution is 2.48. The van der Waals surface area contributed by atoms with Crippen LogP contribution in [0.1, 0.15) is 5.82 Å². The second-order valence-corrected chi connectivity index (χ2v) is 9.12. The molecule has 16 heteroatoms. The summed E-state index contributed by atoms with van der Waals surface area (Å²) in [4.78, 5) is 32.0. The van der Waals surface area contributed by atoms with Crippen molar-refractivity contribution in [2.45, 2.75) is 31.5 Å². The van der Waals surface area contributed by atoms with E-state index >= 15 is 0 Å². The monoisotopic (exact) mass is 452 g/mol. The third-order valence-corrected chi connectivity index (χ3v) is 6.30. The summed E-state index contributed by atoms with van der Waals surface area (Å²) < 4.78 is 50.9. The number of hydrogen-bond donors (Lipinski definition) is 3. The molecule has 2 aliphatic rings. The van der Waals surface area contributed by atoms with Crippen LogP contribution in [0.5, 0.6) is 0 Å². The van der Waals surface area contributed by atoms with E-state index in [0.29, 0.717) is 11.2 Å². The molecule has 2 bridgehead atoms. The van der Waals surface area contributed by atoms with Crippen molar-refractivity contribution >= 4 is 26.8 Å². The molecule has 0 saturated carbocycles. The molecule has 160 valence electrons. The van der Waals surface area contributed by atoms with Gasteiger partial charge in [0.05, 0.1) is 26.0 Å². The minimum Gasteiger partial charge on any atom is -0.387 e. The first kappa shape index (κ1) is 20.9. The molecule has 3 N–H and O–H groups in total. The first-order valence-electron chi connectivity index (χ1n) is 8.46. The lowest BCUT2D eigenvalue weighted by atomic mass is 10.2. The van der Waals surface area contributed by atoms with E-state index in [9.17, 15) is 24.0 Å². The Balaban J connectivity index is 1.64. The van der Waals surface area contributed by atoms with Gasteiger partial charge < -0.3 is 24.2 Å². The van der Waals surface area contributed by atoms with Gasteiger partial charge in [-0.25, -0.2) is 24.1 Å². The summed E-state index contributed by atoms with van der Waals surface area (Å²) >= 11 is 0. The standard InChI is InChI=1S/C13H18N4O10P2/c18-12-9-5-25-28(19,20)24-2-1-17-11(16-8-3-14-7-15-13(8)17)6-26-29(21,22)27-10(12)4-23-9/h3,7,9-10,12,18H,1-2,4-6H2,(H,19,20)(H,21,22)/t9-,10+,12-/m1/s1. The second-order valence-electron chi connectivity index (χ2n) is 6.26. The van der Waals surface area contributed by atoms with Crippen LogP contribution in [0.4, 0.5) is 0 Å². The topological polar surface area (TPSA) is 185 Å². The summed E-state index contributed by atoms with van der Waals surface area (Å²) in [5, 5.41) is 10.2. The smallest absolute Gasteiger partial charge is 0.387 e. The van der Waals surface area contributed by atoms with Crippen LogP contribution in [0, 0.1) is 0 Å². The van der Waals surface area contributed by atoms with E-state index in [-0.39, 0.29) is 25.6 Å². The maximum absolute atomic E-state index is 12.3. The average molecular weight is 452 g/mol. The van der Waals surface area contributed by atoms with E-state index in [4.69, 9.17) is 22.8 Å². The van der Waals surface area contributed by atoms with Crippen molar-refractivity contribution in [3.05, 3.63) is 18.3 Å². The van der Waals surface area contributed by atoms with E-state index in [0.717, 1.165) is 0 Å². The van der Waals surface area contributed by atoms with Crippen LogP contribution in [-0.2, 0) is 45.1 Å². The number of hydrogen-bond acceptors (Lipinski definition) is 11. The summed E-state index contributed by atoms with van der Waals surface area (Å²) in [6.45, 7) is -1.42. The van der Waals surface area contributed by atoms with Crippen LogP contribution in [0.2, 0.25) is 0 Å². The molecule has 2 aromatic rings. The summed E-state index contributed by atoms with van der Waals surface area (Å²) in [6, 6.07) is 0. The first-order chi connectivity index (χ1) is 13.7. The SMILES string of the molecule is O=P1(O)OCCn2c(nc3cncnc32)COP(=O)(O)O[C@H]2CO[C@H](CO1)[C@H]2O. The molecule has 4 heterocycles. The van der Waals surface area contributed by atoms with Crippen LogP contribution >= 0.6 is 15.6 Å². The lowest BCUT2D eigenvalue weighted by Gasteiger charge is -2.20. The highest BCUT2D eigenvalue weighted by Gasteiger charge is 2.42. The lowest BCUT2D eigenvalue weighted by Crippen LogP contribution is -2.34. The number of imidazole rings is 1. The number of ether oxygens (including phenoxy) is 1. The second kappa shape index (κ2) is 8.08. The van der Waals surface area contributed by atoms with Gasteiger partial charge in [-0.05, 0) is 0 Å². The Morgan fingerprint density at radius 2 is 1.93 bits per heavy atom. The van der Waals surface area contributed by atoms with Crippen molar-refractivity contribution in [1.82, 2.24) is 19.5 Å². The van der Waals surface area contributed by atoms with Gasteiger partial charge in [0.25, 0.3) is 0 Å². The van der Waals surface area contributed by atoms with Crippen molar-refractivity contribution in [1.29, 1.82) is 0 Å². The largest absolute Gasteiger partial charge is 0.473 e. The number of phosphoric ester groups is 2. The third kappa shape index (κ3) is 4.72. The van der Waals surface area contributed by atoms with Gasteiger partial charge in [-0.2, -0.15) is 0 Å². The molecule has 29 heavy (non-hydrogen) atoms. The molecule has 0 spiro atoms. The van der Waals surface area contributed by atoms with Gasteiger partial charge in [0, 0.05) is 6.54 Å². The van der Waals surface area contributed by atoms with Crippen LogP contribution in [0.15, 0.2) is 12.5 Å². The molecular weight excluding hydrogens is 434 g/mol. The van der Waals surface area contributed by atoms with E-state index < -0.39 is 47.2 Å². The molecule has 0 amide bonds. The molecule has 0 radical (unpaired) electrons. The van der Waals surface area contributed by atoms with Crippen LogP contribution in [-0.4, -0.2) is 72.5 Å². The van der Waals surface area contributed by atoms with E-state index in [2.05, 4.69) is 15.0 Å². The maximum Gasteiger partial charge on any atom is 0.473 e. The fourth-order valence-corrected chi connectivity index (χ4v) is 4.55. The lowest BCUT2D eigenvalue weighted by molar-refractivity contribution is -0.00970. The Labute approximate surface area is 163 Å². The first-order valence-corrected chi connectivity index (χ1v) is 11.5. The van der Waals surface area contributed by atoms with Crippen molar-refractivity contribution < 1.29 is 46.9 Å². The number of aliphatic hydroxyl groups excluding tert-OH is 1. The average Bonchev–Trinajstić information content (AvgIpc) is 3.18. The molecule has 14 nitrogen and oxygen atoms in total. The van der Waals surface area contributed by atoms with Gasteiger partial charge >= 0.3 is 15.6 Å². The molecule has 0 aromatic carbocycles. The van der Waals surface area contributed by atoms with Gasteiger partial charge in [0.2, 0.25) is 0 Å². The molecule has 4 rings (SSSR count). The number of fused-ring (bicyclic) bond motifs is 5. The Bertz CT molecular complexity index is 986. The van der Waals surface area contributed by atoms with Crippen molar-refractivity contribution in [3.8, 4) is 0 Å². The van der Waals surface area contributed by atoms with Gasteiger partial charge in [-0.15, -0.1) is 0 Å². The van der Waals surface area contributed by atoms with E-state index in [1.807, 2.05) is 0 Å². The van der Waals surface area contributed by atoms with Crippen LogP contribution in [0.3, 0.4) is 0 Å². The summed E-state index contributed by atoms with van der Waals surface area (Å²) in [7, 11) is -9.03. The van der Waals surface area contributed by atoms with Gasteiger partial charge in [-0.1, -0.05) is 0 Å². The molecule has 2 aliphatic heterocycles. The zero-order chi connectivity index (χ0) is 20.6. The Morgan fingerprint density at radius 3 is 2.76 bits per heavy atom. The van der Waals surface area contributed by atoms with Crippen molar-refractivity contribution in [3.63, 3.8) is 0 Å². The van der Waals surface area contributed by atoms with E-state index in [1.165, 1.54) is 17.1 Å². The quantitative estimate of drug-likeness (QED) is 0.444. The molecule has 2 unspecified atom stereocenters. The number of phosphoric acid groups is 2. The molecule has 0 aliphatic carbocycles. The highest BCUT2D eigenvalue weighted by atomic mass is 31.2. The van der Waals surface area contributed by atoms with Crippen molar-refractivity contribution in [2.75, 3.05) is 19.8 Å². The van der Waals surface area contributed by atoms with Crippen LogP contribution < -0.4 is 0 Å². The Morgan fingerprint density at radius 1 is 1.10 bits per heavy atom. The fraction of sp³-hybridized carbons (Fsp3) is 0.615. The Kier molecular flexibility index (Phi) is 5.84. The molecule has 5 atom stereocenters. The van der Waals surface area contributed by atoms with Gasteiger partial charge in [-0.3, -0.25) is 18.1 Å². The summed E-state index contributed by atoms with van der Waals surface area (Å²) in [5.41, 5.74) is 0.753. The predicted molar refractivity (Wildman–Crippen MR) is 92.3 cm³/mol. The minimum absolute atomic E-state index is 0.0158. The summed E-state index contributed by atoms with van der Waals surface area (Å²) in [5.74, 6) is 0.187. The van der Waals surface area contributed by atoms with E-state index in [1.54, 1.807) is 0 Å². The highest BCUT2D eigenvalue weighted by molar-refractivity contribution is 7.47. The zero-order valence-electron chi connectivity index (χ0n) is 14.8. The third-order valence-electron chi connectivity index (χ3n) is 4.32. The summed E-state index contributed by atoms with van der Waals surface area (Å²) in [6.07, 6.45) is -0.919. The van der Waals surface area contributed by atoms with Crippen LogP contribution in [0.25, 0.3) is 11.2 Å². The van der Waals surface area contributed by atoms with Gasteiger partial charge in [0.15, 0.2) is 5.65 Å². The number of aliphatic hydroxyl groups is 1. The zero-order valence-corrected chi connectivity index (χ0v) is 16.6. The Hall–Kier alpha value is -1.31. The molecule has 2 aromatic heterocycles. The number of rotatable bonds is 0. The number of aromatic nitrogens is 4. The molecular formula is C13H18N4O10P2.